The quantitative estimate of drug-likeness (QED) is 0.779. The molecule has 1 aromatic heterocycles. The van der Waals surface area contributed by atoms with Crippen molar-refractivity contribution in [2.45, 2.75) is 6.92 Å². The van der Waals surface area contributed by atoms with E-state index in [2.05, 4.69) is 29.4 Å². The van der Waals surface area contributed by atoms with Gasteiger partial charge in [0.25, 0.3) is 0 Å². The third kappa shape index (κ3) is 2.68. The molecule has 2 aromatic carbocycles. The summed E-state index contributed by atoms with van der Waals surface area (Å²) < 4.78 is 10.6. The first-order valence-electron chi connectivity index (χ1n) is 7.05. The Kier molecular flexibility index (Phi) is 3.83. The summed E-state index contributed by atoms with van der Waals surface area (Å²) in [6.07, 6.45) is 1.81. The van der Waals surface area contributed by atoms with Gasteiger partial charge < -0.3 is 14.8 Å². The van der Waals surface area contributed by atoms with E-state index in [9.17, 15) is 0 Å². The number of anilines is 2. The van der Waals surface area contributed by atoms with Crippen LogP contribution in [0.1, 0.15) is 5.56 Å². The number of nitrogens with one attached hydrogen (secondary N) is 1. The summed E-state index contributed by atoms with van der Waals surface area (Å²) in [6, 6.07) is 14.0. The molecule has 112 valence electrons. The maximum atomic E-state index is 5.34. The van der Waals surface area contributed by atoms with Crippen molar-refractivity contribution in [3.8, 4) is 11.5 Å². The lowest BCUT2D eigenvalue weighted by molar-refractivity contribution is 0.355. The summed E-state index contributed by atoms with van der Waals surface area (Å²) in [5.41, 5.74) is 4.12. The molecular weight excluding hydrogens is 276 g/mol. The minimum atomic E-state index is 0.696. The second kappa shape index (κ2) is 5.93. The fourth-order valence-electron chi connectivity index (χ4n) is 2.44. The second-order valence-corrected chi connectivity index (χ2v) is 5.07. The summed E-state index contributed by atoms with van der Waals surface area (Å²) >= 11 is 0. The van der Waals surface area contributed by atoms with Crippen molar-refractivity contribution in [1.29, 1.82) is 0 Å². The van der Waals surface area contributed by atoms with Crippen LogP contribution in [0.4, 0.5) is 11.4 Å². The first kappa shape index (κ1) is 14.2. The summed E-state index contributed by atoms with van der Waals surface area (Å²) in [7, 11) is 3.26. The van der Waals surface area contributed by atoms with E-state index < -0.39 is 0 Å². The average Bonchev–Trinajstić information content (AvgIpc) is 2.55. The van der Waals surface area contributed by atoms with Gasteiger partial charge in [0, 0.05) is 29.0 Å². The molecule has 0 unspecified atom stereocenters. The first-order valence-corrected chi connectivity index (χ1v) is 7.05. The lowest BCUT2D eigenvalue weighted by atomic mass is 10.1. The number of aromatic nitrogens is 1. The Balaban J connectivity index is 2.01. The van der Waals surface area contributed by atoms with Crippen molar-refractivity contribution in [2.75, 3.05) is 19.5 Å². The molecule has 0 fully saturated rings. The van der Waals surface area contributed by atoms with Gasteiger partial charge in [-0.15, -0.1) is 0 Å². The number of nitrogens with zero attached hydrogens (tertiary/aromatic N) is 1. The van der Waals surface area contributed by atoms with Crippen molar-refractivity contribution in [1.82, 2.24) is 4.98 Å². The molecule has 0 radical (unpaired) electrons. The zero-order valence-electron chi connectivity index (χ0n) is 12.9. The monoisotopic (exact) mass is 294 g/mol. The van der Waals surface area contributed by atoms with E-state index in [-0.39, 0.29) is 0 Å². The Morgan fingerprint density at radius 3 is 2.50 bits per heavy atom. The van der Waals surface area contributed by atoms with Crippen LogP contribution in [-0.4, -0.2) is 19.2 Å². The van der Waals surface area contributed by atoms with Crippen LogP contribution < -0.4 is 14.8 Å². The zero-order valence-corrected chi connectivity index (χ0v) is 12.9. The fourth-order valence-corrected chi connectivity index (χ4v) is 2.44. The average molecular weight is 294 g/mol. The van der Waals surface area contributed by atoms with Crippen LogP contribution in [0, 0.1) is 6.92 Å². The highest BCUT2D eigenvalue weighted by molar-refractivity contribution is 5.93. The maximum absolute atomic E-state index is 5.34. The number of methoxy groups -OCH3 is 2. The molecule has 0 atom stereocenters. The van der Waals surface area contributed by atoms with Crippen molar-refractivity contribution in [2.24, 2.45) is 0 Å². The number of rotatable bonds is 4. The molecule has 1 heterocycles. The first-order chi connectivity index (χ1) is 10.7. The molecule has 0 amide bonds. The number of benzene rings is 2. The van der Waals surface area contributed by atoms with Crippen LogP contribution >= 0.6 is 0 Å². The number of ether oxygens (including phenoxy) is 2. The van der Waals surface area contributed by atoms with Crippen molar-refractivity contribution in [3.63, 3.8) is 0 Å². The standard InChI is InChI=1S/C18H18N2O2/c1-12-4-6-15-14(10-12)16(8-9-19-15)20-13-5-7-17(21-2)18(11-13)22-3/h4-11H,1-3H3,(H,19,20). The molecule has 1 N–H and O–H groups in total. The van der Waals surface area contributed by atoms with Gasteiger partial charge in [-0.1, -0.05) is 11.6 Å². The van der Waals surface area contributed by atoms with Gasteiger partial charge in [0.1, 0.15) is 0 Å². The summed E-state index contributed by atoms with van der Waals surface area (Å²) in [5, 5.41) is 4.52. The van der Waals surface area contributed by atoms with E-state index in [0.29, 0.717) is 11.5 Å². The smallest absolute Gasteiger partial charge is 0.162 e. The van der Waals surface area contributed by atoms with Gasteiger partial charge in [0.2, 0.25) is 0 Å². The Bertz CT molecular complexity index is 815. The molecule has 0 aliphatic heterocycles. The molecule has 22 heavy (non-hydrogen) atoms. The third-order valence-electron chi connectivity index (χ3n) is 3.56. The highest BCUT2D eigenvalue weighted by Crippen LogP contribution is 2.32. The molecule has 3 rings (SSSR count). The lowest BCUT2D eigenvalue weighted by Crippen LogP contribution is -1.95. The van der Waals surface area contributed by atoms with E-state index in [1.54, 1.807) is 20.4 Å². The Hall–Kier alpha value is -2.75. The molecule has 0 saturated carbocycles. The van der Waals surface area contributed by atoms with E-state index in [1.807, 2.05) is 30.3 Å². The molecule has 0 saturated heterocycles. The number of pyridine rings is 1. The second-order valence-electron chi connectivity index (χ2n) is 5.07. The number of aryl methyl sites for hydroxylation is 1. The van der Waals surface area contributed by atoms with E-state index in [1.165, 1.54) is 5.56 Å². The largest absolute Gasteiger partial charge is 0.493 e. The SMILES string of the molecule is COc1ccc(Nc2ccnc3ccc(C)cc23)cc1OC. The maximum Gasteiger partial charge on any atom is 0.162 e. The molecule has 4 nitrogen and oxygen atoms in total. The Labute approximate surface area is 129 Å². The molecule has 3 aromatic rings. The van der Waals surface area contributed by atoms with Gasteiger partial charge in [-0.25, -0.2) is 0 Å². The van der Waals surface area contributed by atoms with Gasteiger partial charge in [0.05, 0.1) is 19.7 Å². The van der Waals surface area contributed by atoms with E-state index in [0.717, 1.165) is 22.3 Å². The van der Waals surface area contributed by atoms with Gasteiger partial charge in [-0.05, 0) is 37.3 Å². The number of hydrogen-bond acceptors (Lipinski definition) is 4. The molecule has 0 aliphatic rings. The minimum Gasteiger partial charge on any atom is -0.493 e. The predicted octanol–water partition coefficient (Wildman–Crippen LogP) is 4.30. The summed E-state index contributed by atoms with van der Waals surface area (Å²) in [6.45, 7) is 2.08. The van der Waals surface area contributed by atoms with Crippen LogP contribution in [0.25, 0.3) is 10.9 Å². The van der Waals surface area contributed by atoms with E-state index >= 15 is 0 Å². The molecule has 0 bridgehead atoms. The third-order valence-corrected chi connectivity index (χ3v) is 3.56. The zero-order chi connectivity index (χ0) is 15.5. The fraction of sp³-hybridized carbons (Fsp3) is 0.167. The molecule has 0 aliphatic carbocycles. The highest BCUT2D eigenvalue weighted by atomic mass is 16.5. The van der Waals surface area contributed by atoms with Crippen LogP contribution in [0.3, 0.4) is 0 Å². The predicted molar refractivity (Wildman–Crippen MR) is 89.3 cm³/mol. The molecule has 0 spiro atoms. The van der Waals surface area contributed by atoms with Crippen molar-refractivity contribution in [3.05, 3.63) is 54.2 Å². The highest BCUT2D eigenvalue weighted by Gasteiger charge is 2.07. The molecular formula is C18H18N2O2. The minimum absolute atomic E-state index is 0.696. The Morgan fingerprint density at radius 2 is 1.73 bits per heavy atom. The normalized spacial score (nSPS) is 10.5. The summed E-state index contributed by atoms with van der Waals surface area (Å²) in [5.74, 6) is 1.41. The van der Waals surface area contributed by atoms with Crippen LogP contribution in [0.5, 0.6) is 11.5 Å². The summed E-state index contributed by atoms with van der Waals surface area (Å²) in [4.78, 5) is 4.40. The van der Waals surface area contributed by atoms with Crippen LogP contribution in [0.2, 0.25) is 0 Å². The van der Waals surface area contributed by atoms with Crippen LogP contribution in [-0.2, 0) is 0 Å². The molecule has 4 heteroatoms. The topological polar surface area (TPSA) is 43.4 Å². The van der Waals surface area contributed by atoms with Gasteiger partial charge >= 0.3 is 0 Å². The van der Waals surface area contributed by atoms with Gasteiger partial charge in [0.15, 0.2) is 11.5 Å². The van der Waals surface area contributed by atoms with Gasteiger partial charge in [-0.3, -0.25) is 4.98 Å². The van der Waals surface area contributed by atoms with Gasteiger partial charge in [-0.2, -0.15) is 0 Å². The number of hydrogen-bond donors (Lipinski definition) is 1. The Morgan fingerprint density at radius 1 is 0.909 bits per heavy atom. The lowest BCUT2D eigenvalue weighted by Gasteiger charge is -2.13. The van der Waals surface area contributed by atoms with Crippen molar-refractivity contribution >= 4 is 22.3 Å². The van der Waals surface area contributed by atoms with E-state index in [4.69, 9.17) is 9.47 Å². The van der Waals surface area contributed by atoms with Crippen molar-refractivity contribution < 1.29 is 9.47 Å². The number of fused-ring (bicyclic) bond motifs is 1. The van der Waals surface area contributed by atoms with Crippen LogP contribution in [0.15, 0.2) is 48.7 Å².